The molecular formula is C10H6Cl2FN. The van der Waals surface area contributed by atoms with Gasteiger partial charge in [0.1, 0.15) is 10.7 Å². The Balaban J connectivity index is 2.95. The first kappa shape index (κ1) is 9.69. The molecule has 0 bridgehead atoms. The molecule has 0 atom stereocenters. The van der Waals surface area contributed by atoms with Gasteiger partial charge < -0.3 is 0 Å². The van der Waals surface area contributed by atoms with Crippen molar-refractivity contribution in [2.75, 3.05) is 0 Å². The van der Waals surface area contributed by atoms with Gasteiger partial charge in [-0.3, -0.25) is 0 Å². The van der Waals surface area contributed by atoms with Gasteiger partial charge in [0.25, 0.3) is 0 Å². The zero-order chi connectivity index (χ0) is 10.3. The topological polar surface area (TPSA) is 12.9 Å². The number of aromatic nitrogens is 1. The first-order valence-corrected chi connectivity index (χ1v) is 4.76. The Morgan fingerprint density at radius 2 is 2.00 bits per heavy atom. The largest absolute Gasteiger partial charge is 0.233 e. The molecule has 1 aromatic carbocycles. The molecule has 0 unspecified atom stereocenters. The smallest absolute Gasteiger partial charge is 0.152 e. The highest BCUT2D eigenvalue weighted by Gasteiger charge is 2.09. The summed E-state index contributed by atoms with van der Waals surface area (Å²) in [6.07, 6.45) is 0. The zero-order valence-corrected chi connectivity index (χ0v) is 8.83. The third-order valence-electron chi connectivity index (χ3n) is 2.03. The van der Waals surface area contributed by atoms with Gasteiger partial charge in [-0.2, -0.15) is 0 Å². The van der Waals surface area contributed by atoms with Crippen LogP contribution < -0.4 is 0 Å². The van der Waals surface area contributed by atoms with Gasteiger partial charge in [-0.15, -0.1) is 0 Å². The quantitative estimate of drug-likeness (QED) is 0.623. The van der Waals surface area contributed by atoms with Crippen LogP contribution in [-0.4, -0.2) is 4.98 Å². The Bertz CT molecular complexity index is 511. The Labute approximate surface area is 90.5 Å². The molecule has 1 heterocycles. The lowest BCUT2D eigenvalue weighted by molar-refractivity contribution is 0.627. The van der Waals surface area contributed by atoms with Crippen LogP contribution in [0.4, 0.5) is 4.39 Å². The normalized spacial score (nSPS) is 10.9. The lowest BCUT2D eigenvalue weighted by Gasteiger charge is -2.03. The minimum Gasteiger partial charge on any atom is -0.233 e. The fraction of sp³-hybridized carbons (Fsp3) is 0.100. The molecule has 0 aliphatic heterocycles. The summed E-state index contributed by atoms with van der Waals surface area (Å²) in [4.78, 5) is 3.90. The molecule has 0 aliphatic carbocycles. The molecule has 4 heteroatoms. The van der Waals surface area contributed by atoms with Crippen LogP contribution in [0.25, 0.3) is 10.9 Å². The molecule has 72 valence electrons. The Hall–Kier alpha value is -0.860. The highest BCUT2D eigenvalue weighted by Crippen LogP contribution is 2.27. The van der Waals surface area contributed by atoms with Crippen LogP contribution in [0.2, 0.25) is 10.2 Å². The second kappa shape index (κ2) is 3.37. The van der Waals surface area contributed by atoms with E-state index in [1.54, 1.807) is 19.1 Å². The highest BCUT2D eigenvalue weighted by molar-refractivity contribution is 6.37. The lowest BCUT2D eigenvalue weighted by atomic mass is 10.1. The van der Waals surface area contributed by atoms with E-state index in [0.29, 0.717) is 16.0 Å². The second-order valence-electron chi connectivity index (χ2n) is 3.02. The van der Waals surface area contributed by atoms with Gasteiger partial charge in [-0.25, -0.2) is 9.37 Å². The van der Waals surface area contributed by atoms with Gasteiger partial charge >= 0.3 is 0 Å². The second-order valence-corrected chi connectivity index (χ2v) is 3.81. The van der Waals surface area contributed by atoms with Crippen LogP contribution in [-0.2, 0) is 0 Å². The minimum absolute atomic E-state index is 0.201. The number of rotatable bonds is 0. The third kappa shape index (κ3) is 1.45. The molecule has 1 nitrogen and oxygen atoms in total. The van der Waals surface area contributed by atoms with Crippen molar-refractivity contribution in [3.05, 3.63) is 39.8 Å². The zero-order valence-electron chi connectivity index (χ0n) is 7.31. The lowest BCUT2D eigenvalue weighted by Crippen LogP contribution is -1.89. The number of benzene rings is 1. The van der Waals surface area contributed by atoms with E-state index in [0.717, 1.165) is 0 Å². The maximum Gasteiger partial charge on any atom is 0.152 e. The number of hydrogen-bond donors (Lipinski definition) is 0. The summed E-state index contributed by atoms with van der Waals surface area (Å²) < 4.78 is 13.6. The molecule has 0 fully saturated rings. The van der Waals surface area contributed by atoms with Gasteiger partial charge in [0.15, 0.2) is 5.82 Å². The van der Waals surface area contributed by atoms with Crippen molar-refractivity contribution in [1.29, 1.82) is 0 Å². The summed E-state index contributed by atoms with van der Waals surface area (Å²) in [5.74, 6) is -0.369. The van der Waals surface area contributed by atoms with Crippen molar-refractivity contribution in [3.63, 3.8) is 0 Å². The fourth-order valence-electron chi connectivity index (χ4n) is 1.29. The maximum atomic E-state index is 13.6. The number of hydrogen-bond acceptors (Lipinski definition) is 1. The highest BCUT2D eigenvalue weighted by atomic mass is 35.5. The van der Waals surface area contributed by atoms with Crippen molar-refractivity contribution >= 4 is 34.1 Å². The van der Waals surface area contributed by atoms with Crippen LogP contribution in [0.5, 0.6) is 0 Å². The number of nitrogens with zero attached hydrogens (tertiary/aromatic N) is 1. The molecular weight excluding hydrogens is 224 g/mol. The molecule has 0 N–H and O–H groups in total. The fourth-order valence-corrected chi connectivity index (χ4v) is 1.79. The average Bonchev–Trinajstić information content (AvgIpc) is 2.12. The van der Waals surface area contributed by atoms with E-state index in [9.17, 15) is 4.39 Å². The van der Waals surface area contributed by atoms with Crippen LogP contribution in [0.15, 0.2) is 18.2 Å². The number of fused-ring (bicyclic) bond motifs is 1. The monoisotopic (exact) mass is 229 g/mol. The van der Waals surface area contributed by atoms with Gasteiger partial charge in [0.2, 0.25) is 0 Å². The molecule has 0 amide bonds. The van der Waals surface area contributed by atoms with Gasteiger partial charge in [-0.05, 0) is 18.6 Å². The SMILES string of the molecule is Cc1ccc2c(Cl)cc(Cl)nc2c1F. The van der Waals surface area contributed by atoms with Gasteiger partial charge in [0.05, 0.1) is 5.02 Å². The maximum absolute atomic E-state index is 13.6. The summed E-state index contributed by atoms with van der Waals surface area (Å²) in [5.41, 5.74) is 0.755. The van der Waals surface area contributed by atoms with E-state index in [2.05, 4.69) is 4.98 Å². The molecule has 2 rings (SSSR count). The van der Waals surface area contributed by atoms with Crippen molar-refractivity contribution in [3.8, 4) is 0 Å². The van der Waals surface area contributed by atoms with E-state index in [4.69, 9.17) is 23.2 Å². The molecule has 0 spiro atoms. The van der Waals surface area contributed by atoms with E-state index in [-0.39, 0.29) is 16.5 Å². The first-order chi connectivity index (χ1) is 6.59. The summed E-state index contributed by atoms with van der Waals surface area (Å²) in [6.45, 7) is 1.67. The average molecular weight is 230 g/mol. The summed E-state index contributed by atoms with van der Waals surface area (Å²) in [5, 5.41) is 1.20. The Morgan fingerprint density at radius 3 is 2.71 bits per heavy atom. The van der Waals surface area contributed by atoms with E-state index < -0.39 is 0 Å². The molecule has 0 saturated carbocycles. The van der Waals surface area contributed by atoms with E-state index in [1.165, 1.54) is 6.07 Å². The van der Waals surface area contributed by atoms with Crippen molar-refractivity contribution < 1.29 is 4.39 Å². The summed E-state index contributed by atoms with van der Waals surface area (Å²) in [7, 11) is 0. The molecule has 0 saturated heterocycles. The van der Waals surface area contributed by atoms with E-state index in [1.807, 2.05) is 0 Å². The van der Waals surface area contributed by atoms with Crippen LogP contribution in [0, 0.1) is 12.7 Å². The van der Waals surface area contributed by atoms with Crippen LogP contribution >= 0.6 is 23.2 Å². The van der Waals surface area contributed by atoms with Crippen LogP contribution in [0.1, 0.15) is 5.56 Å². The molecule has 1 aromatic heterocycles. The molecule has 0 radical (unpaired) electrons. The molecule has 2 aromatic rings. The van der Waals surface area contributed by atoms with Crippen molar-refractivity contribution in [2.45, 2.75) is 6.92 Å². The minimum atomic E-state index is -0.369. The van der Waals surface area contributed by atoms with Crippen molar-refractivity contribution in [1.82, 2.24) is 4.98 Å². The number of aryl methyl sites for hydroxylation is 1. The third-order valence-corrected chi connectivity index (χ3v) is 2.54. The molecule has 14 heavy (non-hydrogen) atoms. The van der Waals surface area contributed by atoms with Gasteiger partial charge in [0, 0.05) is 5.39 Å². The van der Waals surface area contributed by atoms with E-state index >= 15 is 0 Å². The predicted octanol–water partition coefficient (Wildman–Crippen LogP) is 3.99. The van der Waals surface area contributed by atoms with Gasteiger partial charge in [-0.1, -0.05) is 35.3 Å². The number of halogens is 3. The Morgan fingerprint density at radius 1 is 1.29 bits per heavy atom. The summed E-state index contributed by atoms with van der Waals surface area (Å²) in [6, 6.07) is 4.90. The Kier molecular flexibility index (Phi) is 2.33. The van der Waals surface area contributed by atoms with Crippen LogP contribution in [0.3, 0.4) is 0 Å². The molecule has 0 aliphatic rings. The summed E-state index contributed by atoms with van der Waals surface area (Å²) >= 11 is 11.6. The standard InChI is InChI=1S/C10H6Cl2FN/c1-5-2-3-6-7(11)4-8(12)14-10(6)9(5)13/h2-4H,1H3. The first-order valence-electron chi connectivity index (χ1n) is 4.00. The predicted molar refractivity (Wildman–Crippen MR) is 56.5 cm³/mol. The van der Waals surface area contributed by atoms with Crippen molar-refractivity contribution in [2.24, 2.45) is 0 Å². The number of pyridine rings is 1.